The van der Waals surface area contributed by atoms with Gasteiger partial charge in [0.05, 0.1) is 0 Å². The third-order valence-electron chi connectivity index (χ3n) is 0. The van der Waals surface area contributed by atoms with E-state index in [1.165, 1.54) is 0 Å². The van der Waals surface area contributed by atoms with Gasteiger partial charge < -0.3 is 36.4 Å². The van der Waals surface area contributed by atoms with E-state index >= 15 is 0 Å². The normalized spacial score (nSPS) is 10.0. The van der Waals surface area contributed by atoms with E-state index in [0.29, 0.717) is 0 Å². The molecule has 0 aliphatic carbocycles. The second kappa shape index (κ2) is 26.9. The van der Waals surface area contributed by atoms with Crippen LogP contribution in [0.3, 0.4) is 0 Å². The first-order valence-electron chi connectivity index (χ1n) is 3.37. The van der Waals surface area contributed by atoms with Crippen molar-refractivity contribution in [3.8, 4) is 0 Å². The van der Waals surface area contributed by atoms with Gasteiger partial charge in [0.25, 0.3) is 0 Å². The standard InChI is InChI=1S/2Al.Cs.5H2O4S.Rb/c;;;5*1-5(2,3)4;/h;;;5*(H2,1,2,3,4);/q2*+3;+1;;;;;;+1/p-8. The van der Waals surface area contributed by atoms with Gasteiger partial charge in [0.15, 0.2) is 0 Å². The van der Waals surface area contributed by atoms with E-state index in [1.54, 1.807) is 0 Å². The van der Waals surface area contributed by atoms with Crippen LogP contribution in [0.4, 0.5) is 0 Å². The maximum absolute atomic E-state index is 8.74. The van der Waals surface area contributed by atoms with Gasteiger partial charge in [0.2, 0.25) is 0 Å². The van der Waals surface area contributed by atoms with E-state index in [1.807, 2.05) is 0 Å². The summed E-state index contributed by atoms with van der Waals surface area (Å²) in [5, 5.41) is 0. The van der Waals surface area contributed by atoms with Crippen LogP contribution in [0.15, 0.2) is 0 Å². The molecule has 0 aromatic rings. The Labute approximate surface area is 294 Å². The molecular formula is H2Al2CsO20RbS5. The average molecular weight is 755 g/mol. The molecule has 2 N–H and O–H groups in total. The summed E-state index contributed by atoms with van der Waals surface area (Å²) in [6.07, 6.45) is 0. The quantitative estimate of drug-likeness (QED) is 0.132. The zero-order valence-electron chi connectivity index (χ0n) is 13.4. The van der Waals surface area contributed by atoms with E-state index in [2.05, 4.69) is 0 Å². The summed E-state index contributed by atoms with van der Waals surface area (Å²) in [5.41, 5.74) is 0. The van der Waals surface area contributed by atoms with E-state index in [0.717, 1.165) is 0 Å². The smallest absolute Gasteiger partial charge is 0.759 e. The molecule has 0 bridgehead atoms. The van der Waals surface area contributed by atoms with Gasteiger partial charge in [0.1, 0.15) is 0 Å². The summed E-state index contributed by atoms with van der Waals surface area (Å²) in [6.45, 7) is 0. The first-order chi connectivity index (χ1) is 10.0. The predicted octanol–water partition coefficient (Wildman–Crippen LogP) is -12.8. The molecule has 0 atom stereocenters. The molecule has 0 saturated heterocycles. The minimum atomic E-state index is -5.17. The largest absolute Gasteiger partial charge is 3.00 e. The van der Waals surface area contributed by atoms with Gasteiger partial charge >= 0.3 is 172 Å². The minimum absolute atomic E-state index is 0. The molecule has 0 heterocycles. The Kier molecular flexibility index (Phi) is 54.5. The third kappa shape index (κ3) is 1620. The van der Waals surface area contributed by atoms with Gasteiger partial charge in [-0.25, -0.2) is 0 Å². The molecule has 160 valence electrons. The Balaban J connectivity index is -0.0000000238. The summed E-state index contributed by atoms with van der Waals surface area (Å²) in [7, 11) is -25.3. The average Bonchev–Trinajstić information content (AvgIpc) is 1.79. The van der Waals surface area contributed by atoms with E-state index in [4.69, 9.17) is 87.6 Å². The Morgan fingerprint density at radius 3 is 0.414 bits per heavy atom. The molecule has 0 aromatic carbocycles. The van der Waals surface area contributed by atoms with Crippen molar-refractivity contribution in [1.29, 1.82) is 0 Å². The van der Waals surface area contributed by atoms with Crippen LogP contribution in [0.25, 0.3) is 0 Å². The first kappa shape index (κ1) is 58.8. The third-order valence-corrected chi connectivity index (χ3v) is 0. The number of hydrogen-bond acceptors (Lipinski definition) is 18. The molecule has 0 aliphatic heterocycles. The van der Waals surface area contributed by atoms with Crippen LogP contribution in [0.2, 0.25) is 0 Å². The molecular weight excluding hydrogens is 753 g/mol. The van der Waals surface area contributed by atoms with Crippen LogP contribution >= 0.6 is 0 Å². The SMILES string of the molecule is O=S(=O)(O)O.O=S(=O)([O-])[O-].O=S(=O)([O-])[O-].O=S(=O)([O-])[O-].O=S(=O)([O-])[O-].[Al+3].[Al+3].[Cs+].[Rb+]. The zero-order chi connectivity index (χ0) is 22.5. The molecule has 0 unspecified atom stereocenters. The molecule has 0 radical (unpaired) electrons. The molecule has 29 heavy (non-hydrogen) atoms. The summed E-state index contributed by atoms with van der Waals surface area (Å²) in [5.74, 6) is 0. The second-order valence-corrected chi connectivity index (χ2v) is 6.24. The van der Waals surface area contributed by atoms with Crippen molar-refractivity contribution < 1.29 is 215 Å². The summed E-state index contributed by atoms with van der Waals surface area (Å²) < 4.78 is 168. The zero-order valence-corrected chi connectivity index (χ0v) is 31.0. The van der Waals surface area contributed by atoms with Gasteiger partial charge in [-0.3, -0.25) is 42.8 Å². The Bertz CT molecular complexity index is 631. The van der Waals surface area contributed by atoms with E-state index < -0.39 is 52.0 Å². The second-order valence-electron chi connectivity index (χ2n) is 2.08. The van der Waals surface area contributed by atoms with Crippen LogP contribution < -0.4 is 127 Å². The molecule has 0 rings (SSSR count). The van der Waals surface area contributed by atoms with Crippen molar-refractivity contribution in [1.82, 2.24) is 0 Å². The van der Waals surface area contributed by atoms with Crippen LogP contribution in [-0.4, -0.2) is 122 Å². The van der Waals surface area contributed by atoms with Crippen LogP contribution in [-0.2, 0) is 52.0 Å². The van der Waals surface area contributed by atoms with Gasteiger partial charge in [-0.1, -0.05) is 0 Å². The molecule has 0 spiro atoms. The van der Waals surface area contributed by atoms with Crippen molar-refractivity contribution in [2.24, 2.45) is 0 Å². The molecule has 0 aromatic heterocycles. The Morgan fingerprint density at radius 1 is 0.414 bits per heavy atom. The van der Waals surface area contributed by atoms with Gasteiger partial charge in [-0.15, -0.1) is 0 Å². The topological polar surface area (TPSA) is 396 Å². The maximum Gasteiger partial charge on any atom is 3.00 e. The van der Waals surface area contributed by atoms with Gasteiger partial charge in [-0.05, 0) is 0 Å². The van der Waals surface area contributed by atoms with Crippen molar-refractivity contribution in [3.05, 3.63) is 0 Å². The van der Waals surface area contributed by atoms with Crippen LogP contribution in [0.1, 0.15) is 0 Å². The van der Waals surface area contributed by atoms with E-state index in [9.17, 15) is 0 Å². The van der Waals surface area contributed by atoms with E-state index in [-0.39, 0.29) is 162 Å². The summed E-state index contributed by atoms with van der Waals surface area (Å²) in [6, 6.07) is 0. The fourth-order valence-electron chi connectivity index (χ4n) is 0. The fraction of sp³-hybridized carbons (Fsp3) is 0. The summed E-state index contributed by atoms with van der Waals surface area (Å²) >= 11 is 0. The molecule has 20 nitrogen and oxygen atoms in total. The van der Waals surface area contributed by atoms with Crippen LogP contribution in [0.5, 0.6) is 0 Å². The van der Waals surface area contributed by atoms with Crippen molar-refractivity contribution in [2.45, 2.75) is 0 Å². The molecule has 29 heteroatoms. The van der Waals surface area contributed by atoms with Gasteiger partial charge in [-0.2, -0.15) is 8.42 Å². The molecule has 0 fully saturated rings. The fourth-order valence-corrected chi connectivity index (χ4v) is 0. The van der Waals surface area contributed by atoms with Crippen molar-refractivity contribution in [2.75, 3.05) is 0 Å². The molecule has 0 aliphatic rings. The molecule has 0 saturated carbocycles. The number of rotatable bonds is 0. The van der Waals surface area contributed by atoms with Crippen molar-refractivity contribution in [3.63, 3.8) is 0 Å². The maximum atomic E-state index is 8.74. The van der Waals surface area contributed by atoms with Crippen molar-refractivity contribution >= 4 is 86.7 Å². The number of hydrogen-bond donors (Lipinski definition) is 2. The molecule has 0 amide bonds. The van der Waals surface area contributed by atoms with Gasteiger partial charge in [0, 0.05) is 41.6 Å². The Hall–Kier alpha value is 4.27. The summed E-state index contributed by atoms with van der Waals surface area (Å²) in [4.78, 5) is 0. The van der Waals surface area contributed by atoms with Crippen LogP contribution in [0, 0.1) is 0 Å². The monoisotopic (exact) mass is 754 g/mol. The first-order valence-corrected chi connectivity index (χ1v) is 10.1. The minimum Gasteiger partial charge on any atom is -0.759 e. The Morgan fingerprint density at radius 2 is 0.414 bits per heavy atom. The predicted molar refractivity (Wildman–Crippen MR) is 67.6 cm³/mol.